The molecule has 1 aliphatic heterocycles. The molecule has 2 N–H and O–H groups in total. The minimum absolute atomic E-state index is 0. The number of rotatable bonds is 5. The molecule has 0 spiro atoms. The molecule has 1 amide bonds. The second kappa shape index (κ2) is 7.81. The summed E-state index contributed by atoms with van der Waals surface area (Å²) in [5.41, 5.74) is 2.08. The molecule has 1 saturated heterocycles. The lowest BCUT2D eigenvalue weighted by molar-refractivity contribution is -0.123. The molecule has 0 saturated carbocycles. The summed E-state index contributed by atoms with van der Waals surface area (Å²) in [4.78, 5) is 12.1. The molecule has 3 nitrogen and oxygen atoms in total. The van der Waals surface area contributed by atoms with E-state index in [0.29, 0.717) is 12.3 Å². The lowest BCUT2D eigenvalue weighted by Crippen LogP contribution is -2.41. The van der Waals surface area contributed by atoms with Gasteiger partial charge in [0.1, 0.15) is 0 Å². The molecule has 0 aliphatic carbocycles. The van der Waals surface area contributed by atoms with Crippen molar-refractivity contribution in [1.82, 2.24) is 10.6 Å². The monoisotopic (exact) mass is 310 g/mol. The van der Waals surface area contributed by atoms with Crippen molar-refractivity contribution < 1.29 is 4.79 Å². The van der Waals surface area contributed by atoms with Gasteiger partial charge in [-0.25, -0.2) is 0 Å². The van der Waals surface area contributed by atoms with E-state index in [2.05, 4.69) is 49.6 Å². The van der Waals surface area contributed by atoms with Crippen LogP contribution >= 0.6 is 12.4 Å². The summed E-state index contributed by atoms with van der Waals surface area (Å²) >= 11 is 0. The van der Waals surface area contributed by atoms with Gasteiger partial charge in [-0.3, -0.25) is 4.79 Å². The second-order valence-electron chi connectivity index (χ2n) is 6.44. The topological polar surface area (TPSA) is 41.1 Å². The van der Waals surface area contributed by atoms with Crippen LogP contribution in [0, 0.1) is 12.8 Å². The largest absolute Gasteiger partial charge is 0.347 e. The summed E-state index contributed by atoms with van der Waals surface area (Å²) in [6, 6.07) is 8.34. The Hall–Kier alpha value is -1.06. The molecule has 0 radical (unpaired) electrons. The Morgan fingerprint density at radius 3 is 2.81 bits per heavy atom. The average Bonchev–Trinajstić information content (AvgIpc) is 2.89. The molecule has 21 heavy (non-hydrogen) atoms. The highest BCUT2D eigenvalue weighted by Gasteiger charge is 2.23. The normalized spacial score (nSPS) is 18.1. The number of nitrogens with one attached hydrogen (secondary N) is 2. The standard InChI is InChI=1S/C17H26N2O.ClH/c1-13-5-4-6-15(11-13)17(2,3)19-16(20)8-7-14-9-10-18-12-14;/h4-6,11,14,18H,7-10,12H2,1-3H3,(H,19,20);1H. The predicted octanol–water partition coefficient (Wildman–Crippen LogP) is 3.16. The third-order valence-corrected chi connectivity index (χ3v) is 4.13. The molecule has 1 atom stereocenters. The van der Waals surface area contributed by atoms with E-state index in [4.69, 9.17) is 0 Å². The van der Waals surface area contributed by atoms with Crippen LogP contribution in [0.5, 0.6) is 0 Å². The Labute approximate surface area is 134 Å². The number of carbonyl (C=O) groups excluding carboxylic acids is 1. The molecule has 118 valence electrons. The summed E-state index contributed by atoms with van der Waals surface area (Å²) < 4.78 is 0. The molecule has 1 aromatic rings. The summed E-state index contributed by atoms with van der Waals surface area (Å²) in [6.07, 6.45) is 2.82. The lowest BCUT2D eigenvalue weighted by Gasteiger charge is -2.27. The summed E-state index contributed by atoms with van der Waals surface area (Å²) in [5.74, 6) is 0.825. The Bertz CT molecular complexity index is 468. The van der Waals surface area contributed by atoms with Crippen molar-refractivity contribution >= 4 is 18.3 Å². The first-order valence-electron chi connectivity index (χ1n) is 7.56. The highest BCUT2D eigenvalue weighted by atomic mass is 35.5. The van der Waals surface area contributed by atoms with Gasteiger partial charge in [0.2, 0.25) is 5.91 Å². The zero-order valence-corrected chi connectivity index (χ0v) is 14.1. The average molecular weight is 311 g/mol. The van der Waals surface area contributed by atoms with Crippen LogP contribution in [0.25, 0.3) is 0 Å². The number of benzene rings is 1. The van der Waals surface area contributed by atoms with Crippen molar-refractivity contribution in [2.24, 2.45) is 5.92 Å². The molecule has 1 heterocycles. The number of carbonyl (C=O) groups is 1. The molecular weight excluding hydrogens is 284 g/mol. The number of aryl methyl sites for hydroxylation is 1. The van der Waals surface area contributed by atoms with E-state index in [1.54, 1.807) is 0 Å². The van der Waals surface area contributed by atoms with Gasteiger partial charge in [-0.05, 0) is 58.2 Å². The van der Waals surface area contributed by atoms with Gasteiger partial charge in [-0.1, -0.05) is 29.8 Å². The van der Waals surface area contributed by atoms with Crippen molar-refractivity contribution in [2.45, 2.75) is 45.6 Å². The van der Waals surface area contributed by atoms with Crippen LogP contribution in [0.3, 0.4) is 0 Å². The van der Waals surface area contributed by atoms with Crippen LogP contribution < -0.4 is 10.6 Å². The van der Waals surface area contributed by atoms with E-state index in [1.807, 2.05) is 6.07 Å². The molecule has 1 aliphatic rings. The van der Waals surface area contributed by atoms with Gasteiger partial charge in [0.15, 0.2) is 0 Å². The van der Waals surface area contributed by atoms with Gasteiger partial charge >= 0.3 is 0 Å². The molecule has 0 bridgehead atoms. The van der Waals surface area contributed by atoms with Crippen molar-refractivity contribution in [3.63, 3.8) is 0 Å². The van der Waals surface area contributed by atoms with Gasteiger partial charge in [-0.2, -0.15) is 0 Å². The van der Waals surface area contributed by atoms with E-state index in [0.717, 1.165) is 25.1 Å². The maximum atomic E-state index is 12.1. The first-order valence-corrected chi connectivity index (χ1v) is 7.56. The number of hydrogen-bond acceptors (Lipinski definition) is 2. The van der Waals surface area contributed by atoms with Crippen LogP contribution in [0.15, 0.2) is 24.3 Å². The van der Waals surface area contributed by atoms with E-state index >= 15 is 0 Å². The Kier molecular flexibility index (Phi) is 6.69. The van der Waals surface area contributed by atoms with E-state index in [9.17, 15) is 4.79 Å². The van der Waals surface area contributed by atoms with Gasteiger partial charge in [0, 0.05) is 6.42 Å². The maximum absolute atomic E-state index is 12.1. The first kappa shape index (κ1) is 18.0. The highest BCUT2D eigenvalue weighted by molar-refractivity contribution is 5.85. The van der Waals surface area contributed by atoms with Crippen LogP contribution in [-0.4, -0.2) is 19.0 Å². The molecule has 1 aromatic carbocycles. The van der Waals surface area contributed by atoms with Crippen molar-refractivity contribution in [3.05, 3.63) is 35.4 Å². The fraction of sp³-hybridized carbons (Fsp3) is 0.588. The van der Waals surface area contributed by atoms with Crippen molar-refractivity contribution in [2.75, 3.05) is 13.1 Å². The SMILES string of the molecule is Cc1cccc(C(C)(C)NC(=O)CCC2CCNC2)c1.Cl. The minimum Gasteiger partial charge on any atom is -0.347 e. The third-order valence-electron chi connectivity index (χ3n) is 4.13. The van der Waals surface area contributed by atoms with E-state index in [-0.39, 0.29) is 23.9 Å². The Balaban J connectivity index is 0.00000220. The molecule has 1 fully saturated rings. The number of halogens is 1. The smallest absolute Gasteiger partial charge is 0.220 e. The molecule has 2 rings (SSSR count). The molecule has 4 heteroatoms. The van der Waals surface area contributed by atoms with Gasteiger partial charge in [0.05, 0.1) is 5.54 Å². The predicted molar refractivity (Wildman–Crippen MR) is 89.8 cm³/mol. The number of amides is 1. The number of hydrogen-bond donors (Lipinski definition) is 2. The van der Waals surface area contributed by atoms with E-state index < -0.39 is 0 Å². The minimum atomic E-state index is -0.309. The zero-order chi connectivity index (χ0) is 14.6. The quantitative estimate of drug-likeness (QED) is 0.877. The van der Waals surface area contributed by atoms with Gasteiger partial charge in [0.25, 0.3) is 0 Å². The van der Waals surface area contributed by atoms with E-state index in [1.165, 1.54) is 12.0 Å². The molecule has 0 aromatic heterocycles. The summed E-state index contributed by atoms with van der Waals surface area (Å²) in [5, 5.41) is 6.51. The van der Waals surface area contributed by atoms with Crippen LogP contribution in [0.4, 0.5) is 0 Å². The highest BCUT2D eigenvalue weighted by Crippen LogP contribution is 2.22. The van der Waals surface area contributed by atoms with Crippen molar-refractivity contribution in [1.29, 1.82) is 0 Å². The Morgan fingerprint density at radius 1 is 1.43 bits per heavy atom. The fourth-order valence-corrected chi connectivity index (χ4v) is 2.81. The van der Waals surface area contributed by atoms with Crippen molar-refractivity contribution in [3.8, 4) is 0 Å². The Morgan fingerprint density at radius 2 is 2.19 bits per heavy atom. The second-order valence-corrected chi connectivity index (χ2v) is 6.44. The summed E-state index contributed by atoms with van der Waals surface area (Å²) in [6.45, 7) is 8.37. The van der Waals surface area contributed by atoms with Crippen LogP contribution in [-0.2, 0) is 10.3 Å². The molecule has 1 unspecified atom stereocenters. The summed E-state index contributed by atoms with van der Waals surface area (Å²) in [7, 11) is 0. The zero-order valence-electron chi connectivity index (χ0n) is 13.2. The third kappa shape index (κ3) is 5.33. The lowest BCUT2D eigenvalue weighted by atomic mass is 9.92. The molecular formula is C17H27ClN2O. The van der Waals surface area contributed by atoms with Gasteiger partial charge < -0.3 is 10.6 Å². The first-order chi connectivity index (χ1) is 9.47. The fourth-order valence-electron chi connectivity index (χ4n) is 2.81. The maximum Gasteiger partial charge on any atom is 0.220 e. The van der Waals surface area contributed by atoms with Gasteiger partial charge in [-0.15, -0.1) is 12.4 Å². The van der Waals surface area contributed by atoms with Crippen LogP contribution in [0.2, 0.25) is 0 Å². The van der Waals surface area contributed by atoms with Crippen LogP contribution in [0.1, 0.15) is 44.2 Å².